The van der Waals surface area contributed by atoms with Crippen molar-refractivity contribution < 1.29 is 0 Å². The molecule has 0 fully saturated rings. The largest absolute Gasteiger partial charge is 0.356 e. The first kappa shape index (κ1) is 15.5. The van der Waals surface area contributed by atoms with Gasteiger partial charge in [0, 0.05) is 13.6 Å². The van der Waals surface area contributed by atoms with Crippen LogP contribution in [-0.4, -0.2) is 32.0 Å². The Balaban J connectivity index is 2.22. The predicted molar refractivity (Wildman–Crippen MR) is 92.5 cm³/mol. The van der Waals surface area contributed by atoms with Gasteiger partial charge >= 0.3 is 0 Å². The van der Waals surface area contributed by atoms with Gasteiger partial charge in [-0.25, -0.2) is 4.98 Å². The van der Waals surface area contributed by atoms with E-state index in [4.69, 9.17) is 18.6 Å². The zero-order valence-electron chi connectivity index (χ0n) is 11.8. The fourth-order valence-electron chi connectivity index (χ4n) is 1.95. The number of thiocarbonyl (C=S) groups is 1. The van der Waals surface area contributed by atoms with Gasteiger partial charge in [-0.15, -0.1) is 6.42 Å². The fourth-order valence-corrected chi connectivity index (χ4v) is 2.69. The Kier molecular flexibility index (Phi) is 4.99. The smallest absolute Gasteiger partial charge is 0.258 e. The lowest BCUT2D eigenvalue weighted by molar-refractivity contribution is 0.519. The third-order valence-electron chi connectivity index (χ3n) is 2.90. The van der Waals surface area contributed by atoms with Crippen molar-refractivity contribution in [3.05, 3.63) is 39.9 Å². The zero-order chi connectivity index (χ0) is 15.4. The molecule has 21 heavy (non-hydrogen) atoms. The summed E-state index contributed by atoms with van der Waals surface area (Å²) in [7, 11) is 1.91. The predicted octanol–water partition coefficient (Wildman–Crippen LogP) is 2.31. The molecular formula is C15H15N3OS2. The average Bonchev–Trinajstić information content (AvgIpc) is 2.45. The van der Waals surface area contributed by atoms with Crippen molar-refractivity contribution in [3.8, 4) is 12.3 Å². The normalized spacial score (nSPS) is 10.3. The number of thioether (sulfide) groups is 1. The number of benzene rings is 1. The Bertz CT molecular complexity index is 777. The van der Waals surface area contributed by atoms with Crippen LogP contribution >= 0.6 is 24.0 Å². The molecule has 1 heterocycles. The summed E-state index contributed by atoms with van der Waals surface area (Å²) < 4.78 is 0.740. The van der Waals surface area contributed by atoms with E-state index in [9.17, 15) is 4.79 Å². The molecule has 6 heteroatoms. The van der Waals surface area contributed by atoms with Crippen molar-refractivity contribution in [3.63, 3.8) is 0 Å². The topological polar surface area (TPSA) is 49.0 Å². The van der Waals surface area contributed by atoms with Crippen molar-refractivity contribution in [2.24, 2.45) is 0 Å². The summed E-state index contributed by atoms with van der Waals surface area (Å²) >= 11 is 6.75. The minimum absolute atomic E-state index is 0.119. The Morgan fingerprint density at radius 1 is 1.57 bits per heavy atom. The van der Waals surface area contributed by atoms with Crippen LogP contribution in [0.1, 0.15) is 11.4 Å². The van der Waals surface area contributed by atoms with E-state index in [1.807, 2.05) is 30.1 Å². The van der Waals surface area contributed by atoms with E-state index < -0.39 is 0 Å². The van der Waals surface area contributed by atoms with Crippen molar-refractivity contribution >= 4 is 39.2 Å². The molecule has 1 aromatic heterocycles. The van der Waals surface area contributed by atoms with Crippen LogP contribution < -0.4 is 5.56 Å². The molecule has 4 nitrogen and oxygen atoms in total. The summed E-state index contributed by atoms with van der Waals surface area (Å²) in [6.45, 7) is 2.39. The number of hydrogen-bond acceptors (Lipinski definition) is 4. The molecule has 1 N–H and O–H groups in total. The second-order valence-corrected chi connectivity index (χ2v) is 6.23. The number of rotatable bonds is 3. The number of aromatic nitrogens is 2. The Labute approximate surface area is 133 Å². The number of nitrogens with zero attached hydrogens (tertiary/aromatic N) is 2. The lowest BCUT2D eigenvalue weighted by Gasteiger charge is -2.19. The van der Waals surface area contributed by atoms with Gasteiger partial charge in [0.1, 0.15) is 10.1 Å². The van der Waals surface area contributed by atoms with Gasteiger partial charge in [-0.3, -0.25) is 4.79 Å². The van der Waals surface area contributed by atoms with Gasteiger partial charge in [0.05, 0.1) is 16.7 Å². The SMILES string of the molecule is C#CCSC(=S)N(C)Cc1ccc2nc(C)[nH]c(=O)c2c1. The fraction of sp³-hybridized carbons (Fsp3) is 0.267. The van der Waals surface area contributed by atoms with E-state index in [0.717, 1.165) is 9.88 Å². The molecular weight excluding hydrogens is 302 g/mol. The van der Waals surface area contributed by atoms with Crippen LogP contribution in [0.5, 0.6) is 0 Å². The van der Waals surface area contributed by atoms with Gasteiger partial charge in [-0.2, -0.15) is 0 Å². The summed E-state index contributed by atoms with van der Waals surface area (Å²) in [5.41, 5.74) is 1.59. The molecule has 2 rings (SSSR count). The van der Waals surface area contributed by atoms with Gasteiger partial charge in [0.25, 0.3) is 5.56 Å². The number of aryl methyl sites for hydroxylation is 1. The average molecular weight is 317 g/mol. The van der Waals surface area contributed by atoms with Crippen molar-refractivity contribution in [1.29, 1.82) is 0 Å². The lowest BCUT2D eigenvalue weighted by atomic mass is 10.1. The molecule has 0 unspecified atom stereocenters. The van der Waals surface area contributed by atoms with E-state index in [-0.39, 0.29) is 5.56 Å². The molecule has 1 aromatic carbocycles. The number of fused-ring (bicyclic) bond motifs is 1. The zero-order valence-corrected chi connectivity index (χ0v) is 13.5. The highest BCUT2D eigenvalue weighted by molar-refractivity contribution is 8.23. The van der Waals surface area contributed by atoms with Crippen LogP contribution in [0.4, 0.5) is 0 Å². The maximum Gasteiger partial charge on any atom is 0.258 e. The summed E-state index contributed by atoms with van der Waals surface area (Å²) in [4.78, 5) is 20.9. The highest BCUT2D eigenvalue weighted by atomic mass is 32.2. The first-order chi connectivity index (χ1) is 10.0. The molecule has 0 spiro atoms. The van der Waals surface area contributed by atoms with Crippen molar-refractivity contribution in [2.45, 2.75) is 13.5 Å². The van der Waals surface area contributed by atoms with E-state index in [1.54, 1.807) is 6.92 Å². The van der Waals surface area contributed by atoms with Crippen LogP contribution in [0.3, 0.4) is 0 Å². The second kappa shape index (κ2) is 6.74. The molecule has 0 aliphatic rings. The van der Waals surface area contributed by atoms with E-state index >= 15 is 0 Å². The van der Waals surface area contributed by atoms with E-state index in [2.05, 4.69) is 15.9 Å². The molecule has 0 aliphatic heterocycles. The van der Waals surface area contributed by atoms with Crippen LogP contribution in [-0.2, 0) is 6.54 Å². The highest BCUT2D eigenvalue weighted by Gasteiger charge is 2.08. The van der Waals surface area contributed by atoms with Gasteiger partial charge in [0.2, 0.25) is 0 Å². The van der Waals surface area contributed by atoms with Gasteiger partial charge in [0.15, 0.2) is 0 Å². The van der Waals surface area contributed by atoms with Crippen molar-refractivity contribution in [1.82, 2.24) is 14.9 Å². The van der Waals surface area contributed by atoms with Crippen LogP contribution in [0, 0.1) is 19.3 Å². The summed E-state index contributed by atoms with van der Waals surface area (Å²) in [6, 6.07) is 5.67. The number of aromatic amines is 1. The summed E-state index contributed by atoms with van der Waals surface area (Å²) in [5.74, 6) is 3.72. The number of hydrogen-bond donors (Lipinski definition) is 1. The first-order valence-electron chi connectivity index (χ1n) is 6.32. The number of terminal acetylenes is 1. The maximum atomic E-state index is 12.0. The van der Waals surface area contributed by atoms with Crippen LogP contribution in [0.2, 0.25) is 0 Å². The Hall–Kier alpha value is -1.84. The molecule has 108 valence electrons. The molecule has 0 aliphatic carbocycles. The van der Waals surface area contributed by atoms with E-state index in [1.165, 1.54) is 11.8 Å². The molecule has 0 radical (unpaired) electrons. The number of nitrogens with one attached hydrogen (secondary N) is 1. The number of H-pyrrole nitrogens is 1. The molecule has 2 aromatic rings. The van der Waals surface area contributed by atoms with Crippen LogP contribution in [0.25, 0.3) is 10.9 Å². The molecule has 0 saturated carbocycles. The van der Waals surface area contributed by atoms with Gasteiger partial charge < -0.3 is 9.88 Å². The monoisotopic (exact) mass is 317 g/mol. The molecule has 0 amide bonds. The molecule has 0 bridgehead atoms. The first-order valence-corrected chi connectivity index (χ1v) is 7.71. The van der Waals surface area contributed by atoms with Crippen LogP contribution in [0.15, 0.2) is 23.0 Å². The lowest BCUT2D eigenvalue weighted by Crippen LogP contribution is -2.22. The minimum Gasteiger partial charge on any atom is -0.356 e. The molecule has 0 atom stereocenters. The van der Waals surface area contributed by atoms with Crippen molar-refractivity contribution in [2.75, 3.05) is 12.8 Å². The third kappa shape index (κ3) is 3.84. The third-order valence-corrected chi connectivity index (χ3v) is 4.43. The summed E-state index contributed by atoms with van der Waals surface area (Å²) in [6.07, 6.45) is 5.23. The quantitative estimate of drug-likeness (QED) is 0.695. The van der Waals surface area contributed by atoms with Gasteiger partial charge in [-0.1, -0.05) is 36.0 Å². The Morgan fingerprint density at radius 3 is 3.05 bits per heavy atom. The second-order valence-electron chi connectivity index (χ2n) is 4.62. The standard InChI is InChI=1S/C15H15N3OS2/c1-4-7-21-15(20)18(3)9-11-5-6-13-12(8-11)14(19)17-10(2)16-13/h1,5-6,8H,7,9H2,2-3H3,(H,16,17,19). The maximum absolute atomic E-state index is 12.0. The Morgan fingerprint density at radius 2 is 2.33 bits per heavy atom. The minimum atomic E-state index is -0.119. The summed E-state index contributed by atoms with van der Waals surface area (Å²) in [5, 5.41) is 0.591. The van der Waals surface area contributed by atoms with Gasteiger partial charge in [-0.05, 0) is 24.6 Å². The van der Waals surface area contributed by atoms with E-state index in [0.29, 0.717) is 29.0 Å². The molecule has 0 saturated heterocycles. The highest BCUT2D eigenvalue weighted by Crippen LogP contribution is 2.14.